The number of aliphatic hydroxyl groups excluding tert-OH is 1. The van der Waals surface area contributed by atoms with Gasteiger partial charge in [0.15, 0.2) is 9.84 Å². The van der Waals surface area contributed by atoms with E-state index in [1.165, 1.54) is 0 Å². The summed E-state index contributed by atoms with van der Waals surface area (Å²) >= 11 is 0. The van der Waals surface area contributed by atoms with Gasteiger partial charge in [0.05, 0.1) is 11.9 Å². The van der Waals surface area contributed by atoms with E-state index >= 15 is 0 Å². The van der Waals surface area contributed by atoms with E-state index in [1.54, 1.807) is 23.7 Å². The Labute approximate surface area is 137 Å². The average Bonchev–Trinajstić information content (AvgIpc) is 2.79. The molecule has 0 amide bonds. The smallest absolute Gasteiger partial charge is 0.160 e. The van der Waals surface area contributed by atoms with Gasteiger partial charge in [0.25, 0.3) is 0 Å². The van der Waals surface area contributed by atoms with Crippen molar-refractivity contribution in [3.63, 3.8) is 0 Å². The lowest BCUT2D eigenvalue weighted by molar-refractivity contribution is 0.201. The second-order valence-corrected chi connectivity index (χ2v) is 8.28. The number of benzene rings is 1. The van der Waals surface area contributed by atoms with Gasteiger partial charge < -0.3 is 9.67 Å². The monoisotopic (exact) mass is 337 g/mol. The zero-order chi connectivity index (χ0) is 17.2. The van der Waals surface area contributed by atoms with Crippen LogP contribution in [0.5, 0.6) is 0 Å². The largest absolute Gasteiger partial charge is 0.387 e. The maximum Gasteiger partial charge on any atom is 0.160 e. The molecule has 0 spiro atoms. The van der Waals surface area contributed by atoms with Crippen molar-refractivity contribution in [3.05, 3.63) is 47.0 Å². The Morgan fingerprint density at radius 2 is 1.78 bits per heavy atom. The molecule has 23 heavy (non-hydrogen) atoms. The van der Waals surface area contributed by atoms with E-state index in [0.29, 0.717) is 11.4 Å². The predicted molar refractivity (Wildman–Crippen MR) is 88.7 cm³/mol. The van der Waals surface area contributed by atoms with E-state index in [0.717, 1.165) is 11.4 Å². The summed E-state index contributed by atoms with van der Waals surface area (Å²) in [4.78, 5) is 0. The van der Waals surface area contributed by atoms with Gasteiger partial charge in [-0.25, -0.2) is 8.42 Å². The highest BCUT2D eigenvalue weighted by atomic mass is 32.2. The normalized spacial score (nSPS) is 13.5. The highest BCUT2D eigenvalue weighted by Gasteiger charge is 2.23. The van der Waals surface area contributed by atoms with Crippen LogP contribution in [-0.4, -0.2) is 34.0 Å². The number of rotatable bonds is 6. The van der Waals surface area contributed by atoms with Crippen LogP contribution < -0.4 is 0 Å². The van der Waals surface area contributed by atoms with E-state index in [2.05, 4.69) is 10.2 Å². The lowest BCUT2D eigenvalue weighted by atomic mass is 10.1. The minimum absolute atomic E-state index is 0.169. The van der Waals surface area contributed by atoms with Crippen molar-refractivity contribution in [1.82, 2.24) is 14.8 Å². The summed E-state index contributed by atoms with van der Waals surface area (Å²) < 4.78 is 26.4. The second-order valence-electron chi connectivity index (χ2n) is 6.17. The molecule has 1 heterocycles. The third kappa shape index (κ3) is 4.39. The summed E-state index contributed by atoms with van der Waals surface area (Å²) in [5, 5.41) is 18.2. The van der Waals surface area contributed by atoms with E-state index < -0.39 is 15.9 Å². The quantitative estimate of drug-likeness (QED) is 0.870. The van der Waals surface area contributed by atoms with Crippen molar-refractivity contribution in [2.24, 2.45) is 7.05 Å². The zero-order valence-corrected chi connectivity index (χ0v) is 14.7. The Bertz CT molecular complexity index is 764. The molecule has 6 nitrogen and oxygen atoms in total. The number of hydrogen-bond acceptors (Lipinski definition) is 5. The predicted octanol–water partition coefficient (Wildman–Crippen LogP) is 1.90. The molecule has 0 saturated carbocycles. The molecule has 1 aromatic heterocycles. The molecule has 0 radical (unpaired) electrons. The molecule has 1 atom stereocenters. The van der Waals surface area contributed by atoms with Crippen LogP contribution >= 0.6 is 0 Å². The first kappa shape index (κ1) is 17.6. The Kier molecular flexibility index (Phi) is 5.21. The number of aryl methyl sites for hydroxylation is 1. The van der Waals surface area contributed by atoms with Crippen LogP contribution in [0.15, 0.2) is 24.3 Å². The van der Waals surface area contributed by atoms with Crippen molar-refractivity contribution < 1.29 is 13.5 Å². The van der Waals surface area contributed by atoms with Crippen molar-refractivity contribution in [3.8, 4) is 0 Å². The molecule has 2 rings (SSSR count). The van der Waals surface area contributed by atoms with Gasteiger partial charge in [0.2, 0.25) is 0 Å². The fourth-order valence-electron chi connectivity index (χ4n) is 2.38. The molecule has 2 aromatic rings. The summed E-state index contributed by atoms with van der Waals surface area (Å²) in [5.41, 5.74) is 1.66. The SMILES string of the molecule is Cc1ccc(C(O)CS(=O)(=O)Cc2nnc(C(C)C)n2C)cc1. The van der Waals surface area contributed by atoms with Crippen LogP contribution in [0.2, 0.25) is 0 Å². The Morgan fingerprint density at radius 3 is 2.30 bits per heavy atom. The summed E-state index contributed by atoms with van der Waals surface area (Å²) in [7, 11) is -1.74. The third-order valence-electron chi connectivity index (χ3n) is 3.74. The lowest BCUT2D eigenvalue weighted by Gasteiger charge is -2.12. The standard InChI is InChI=1S/C16H23N3O3S/c1-11(2)16-18-17-15(19(16)4)10-23(21,22)9-14(20)13-7-5-12(3)6-8-13/h5-8,11,14,20H,9-10H2,1-4H3. The molecular formula is C16H23N3O3S. The topological polar surface area (TPSA) is 85.1 Å². The summed E-state index contributed by atoms with van der Waals surface area (Å²) in [5.74, 6) is 0.743. The molecule has 0 aliphatic rings. The van der Waals surface area contributed by atoms with Crippen molar-refractivity contribution in [1.29, 1.82) is 0 Å². The maximum absolute atomic E-state index is 12.3. The van der Waals surface area contributed by atoms with Gasteiger partial charge in [0.1, 0.15) is 17.4 Å². The number of aliphatic hydroxyl groups is 1. The molecule has 1 aromatic carbocycles. The first-order valence-electron chi connectivity index (χ1n) is 7.53. The number of nitrogens with zero attached hydrogens (tertiary/aromatic N) is 3. The Hall–Kier alpha value is -1.73. The highest BCUT2D eigenvalue weighted by Crippen LogP contribution is 2.19. The van der Waals surface area contributed by atoms with Gasteiger partial charge in [-0.3, -0.25) is 0 Å². The molecule has 0 aliphatic heterocycles. The fraction of sp³-hybridized carbons (Fsp3) is 0.500. The third-order valence-corrected chi connectivity index (χ3v) is 5.26. The van der Waals surface area contributed by atoms with E-state index in [1.807, 2.05) is 32.9 Å². The molecule has 0 fully saturated rings. The van der Waals surface area contributed by atoms with Gasteiger partial charge in [0, 0.05) is 13.0 Å². The Morgan fingerprint density at radius 1 is 1.17 bits per heavy atom. The molecule has 7 heteroatoms. The van der Waals surface area contributed by atoms with Crippen molar-refractivity contribution in [2.75, 3.05) is 5.75 Å². The van der Waals surface area contributed by atoms with Gasteiger partial charge in [-0.15, -0.1) is 10.2 Å². The van der Waals surface area contributed by atoms with E-state index in [9.17, 15) is 13.5 Å². The lowest BCUT2D eigenvalue weighted by Crippen LogP contribution is -2.18. The molecule has 0 bridgehead atoms. The van der Waals surface area contributed by atoms with Crippen molar-refractivity contribution in [2.45, 2.75) is 38.5 Å². The summed E-state index contributed by atoms with van der Waals surface area (Å²) in [6, 6.07) is 7.19. The number of hydrogen-bond donors (Lipinski definition) is 1. The molecule has 1 unspecified atom stereocenters. The number of aromatic nitrogens is 3. The minimum Gasteiger partial charge on any atom is -0.387 e. The minimum atomic E-state index is -3.50. The van der Waals surface area contributed by atoms with Gasteiger partial charge >= 0.3 is 0 Å². The first-order valence-corrected chi connectivity index (χ1v) is 9.35. The van der Waals surface area contributed by atoms with Crippen molar-refractivity contribution >= 4 is 9.84 Å². The van der Waals surface area contributed by atoms with E-state index in [-0.39, 0.29) is 17.4 Å². The van der Waals surface area contributed by atoms with Crippen LogP contribution in [0.25, 0.3) is 0 Å². The summed E-state index contributed by atoms with van der Waals surface area (Å²) in [6.45, 7) is 5.89. The molecule has 0 aliphatic carbocycles. The van der Waals surface area contributed by atoms with E-state index in [4.69, 9.17) is 0 Å². The van der Waals surface area contributed by atoms with Crippen LogP contribution in [0, 0.1) is 6.92 Å². The van der Waals surface area contributed by atoms with Gasteiger partial charge in [-0.05, 0) is 12.5 Å². The first-order chi connectivity index (χ1) is 10.7. The van der Waals surface area contributed by atoms with Crippen LogP contribution in [-0.2, 0) is 22.6 Å². The van der Waals surface area contributed by atoms with Crippen LogP contribution in [0.1, 0.15) is 48.6 Å². The highest BCUT2D eigenvalue weighted by molar-refractivity contribution is 7.90. The fourth-order valence-corrected chi connectivity index (χ4v) is 3.82. The van der Waals surface area contributed by atoms with Crippen LogP contribution in [0.3, 0.4) is 0 Å². The van der Waals surface area contributed by atoms with Gasteiger partial charge in [-0.2, -0.15) is 0 Å². The Balaban J connectivity index is 2.11. The average molecular weight is 337 g/mol. The maximum atomic E-state index is 12.3. The second kappa shape index (κ2) is 6.80. The molecule has 1 N–H and O–H groups in total. The summed E-state index contributed by atoms with van der Waals surface area (Å²) in [6.07, 6.45) is -1.04. The molecular weight excluding hydrogens is 314 g/mol. The van der Waals surface area contributed by atoms with Gasteiger partial charge in [-0.1, -0.05) is 43.7 Å². The molecule has 126 valence electrons. The number of sulfone groups is 1. The zero-order valence-electron chi connectivity index (χ0n) is 13.9. The van der Waals surface area contributed by atoms with Crippen LogP contribution in [0.4, 0.5) is 0 Å². The molecule has 0 saturated heterocycles.